The Morgan fingerprint density at radius 1 is 1.25 bits per heavy atom. The Balaban J connectivity index is 1.80. The van der Waals surface area contributed by atoms with Gasteiger partial charge in [0.05, 0.1) is 16.4 Å². The van der Waals surface area contributed by atoms with Crippen molar-refractivity contribution in [1.82, 2.24) is 4.90 Å². The number of carbonyl (C=O) groups is 3. The summed E-state index contributed by atoms with van der Waals surface area (Å²) in [4.78, 5) is 47.9. The van der Waals surface area contributed by atoms with E-state index in [4.69, 9.17) is 9.47 Å². The van der Waals surface area contributed by atoms with Crippen LogP contribution >= 0.6 is 27.7 Å². The van der Waals surface area contributed by atoms with Gasteiger partial charge in [-0.25, -0.2) is 0 Å². The second-order valence-electron chi connectivity index (χ2n) is 6.47. The number of ether oxygens (including phenoxy) is 2. The number of carbonyl (C=O) groups excluding carboxylic acids is 3. The number of amides is 2. The average molecular weight is 521 g/mol. The second-order valence-corrected chi connectivity index (χ2v) is 8.38. The van der Waals surface area contributed by atoms with E-state index >= 15 is 0 Å². The molecule has 9 nitrogen and oxygen atoms in total. The zero-order valence-corrected chi connectivity index (χ0v) is 19.2. The molecule has 11 heteroatoms. The van der Waals surface area contributed by atoms with Crippen molar-refractivity contribution in [3.8, 4) is 5.75 Å². The lowest BCUT2D eigenvalue weighted by atomic mass is 10.1. The van der Waals surface area contributed by atoms with Gasteiger partial charge in [0.1, 0.15) is 18.9 Å². The van der Waals surface area contributed by atoms with Gasteiger partial charge in [0.2, 0.25) is 0 Å². The highest BCUT2D eigenvalue weighted by Crippen LogP contribution is 2.35. The van der Waals surface area contributed by atoms with Crippen LogP contribution in [0.1, 0.15) is 18.1 Å². The van der Waals surface area contributed by atoms with E-state index in [2.05, 4.69) is 15.9 Å². The Labute approximate surface area is 195 Å². The molecule has 32 heavy (non-hydrogen) atoms. The molecule has 2 aromatic rings. The molecule has 0 atom stereocenters. The summed E-state index contributed by atoms with van der Waals surface area (Å²) < 4.78 is 11.4. The first-order valence-corrected chi connectivity index (χ1v) is 11.0. The summed E-state index contributed by atoms with van der Waals surface area (Å²) in [5.41, 5.74) is 1.08. The Kier molecular flexibility index (Phi) is 7.65. The molecule has 2 aromatic carbocycles. The molecular weight excluding hydrogens is 504 g/mol. The number of thioether (sulfide) groups is 1. The predicted octanol–water partition coefficient (Wildman–Crippen LogP) is 4.54. The fourth-order valence-electron chi connectivity index (χ4n) is 2.80. The van der Waals surface area contributed by atoms with E-state index in [9.17, 15) is 24.5 Å². The molecule has 0 saturated carbocycles. The summed E-state index contributed by atoms with van der Waals surface area (Å²) in [5, 5.41) is 10.4. The summed E-state index contributed by atoms with van der Waals surface area (Å²) in [6, 6.07) is 11.2. The van der Waals surface area contributed by atoms with Gasteiger partial charge in [0.15, 0.2) is 0 Å². The summed E-state index contributed by atoms with van der Waals surface area (Å²) in [7, 11) is 0. The third-order valence-electron chi connectivity index (χ3n) is 4.24. The van der Waals surface area contributed by atoms with Gasteiger partial charge in [-0.1, -0.05) is 28.1 Å². The quantitative estimate of drug-likeness (QED) is 0.215. The highest BCUT2D eigenvalue weighted by Gasteiger charge is 2.36. The normalized spacial score (nSPS) is 14.7. The number of rotatable bonds is 8. The number of nitro benzene ring substituents is 1. The van der Waals surface area contributed by atoms with Crippen LogP contribution in [0, 0.1) is 10.1 Å². The standard InChI is InChI=1S/C21H17BrN2O7S/c1-2-30-19(25)11-23-20(26)18(32-21(23)27)10-14-9-15(22)6-7-17(14)31-12-13-4-3-5-16(8-13)24(28)29/h3-10H,2,11-12H2,1H3/b18-10+. The zero-order valence-electron chi connectivity index (χ0n) is 16.8. The smallest absolute Gasteiger partial charge is 0.326 e. The molecule has 2 amide bonds. The number of nitrogens with zero attached hydrogens (tertiary/aromatic N) is 2. The van der Waals surface area contributed by atoms with Gasteiger partial charge in [0, 0.05) is 22.2 Å². The molecule has 3 rings (SSSR count). The molecule has 1 aliphatic rings. The molecule has 0 radical (unpaired) electrons. The summed E-state index contributed by atoms with van der Waals surface area (Å²) in [6.07, 6.45) is 1.50. The number of imide groups is 1. The molecule has 1 aliphatic heterocycles. The van der Waals surface area contributed by atoms with Gasteiger partial charge in [-0.3, -0.25) is 29.4 Å². The largest absolute Gasteiger partial charge is 0.488 e. The maximum absolute atomic E-state index is 12.6. The van der Waals surface area contributed by atoms with Gasteiger partial charge < -0.3 is 9.47 Å². The van der Waals surface area contributed by atoms with Crippen molar-refractivity contribution in [2.45, 2.75) is 13.5 Å². The fourth-order valence-corrected chi connectivity index (χ4v) is 4.01. The fraction of sp³-hybridized carbons (Fsp3) is 0.190. The van der Waals surface area contributed by atoms with E-state index < -0.39 is 28.6 Å². The third kappa shape index (κ3) is 5.74. The lowest BCUT2D eigenvalue weighted by Gasteiger charge is -2.11. The monoisotopic (exact) mass is 520 g/mol. The highest BCUT2D eigenvalue weighted by molar-refractivity contribution is 9.10. The van der Waals surface area contributed by atoms with Crippen LogP contribution < -0.4 is 4.74 Å². The van der Waals surface area contributed by atoms with E-state index in [-0.39, 0.29) is 23.8 Å². The molecule has 1 saturated heterocycles. The maximum Gasteiger partial charge on any atom is 0.326 e. The zero-order chi connectivity index (χ0) is 23.3. The molecule has 0 aliphatic carbocycles. The number of benzene rings is 2. The number of hydrogen-bond acceptors (Lipinski definition) is 8. The van der Waals surface area contributed by atoms with Gasteiger partial charge in [-0.2, -0.15) is 0 Å². The second kappa shape index (κ2) is 10.4. The van der Waals surface area contributed by atoms with Crippen molar-refractivity contribution in [1.29, 1.82) is 0 Å². The minimum Gasteiger partial charge on any atom is -0.488 e. The molecule has 0 N–H and O–H groups in total. The minimum atomic E-state index is -0.667. The van der Waals surface area contributed by atoms with Crippen LogP contribution in [-0.4, -0.2) is 40.1 Å². The van der Waals surface area contributed by atoms with Gasteiger partial charge >= 0.3 is 5.97 Å². The van der Waals surface area contributed by atoms with Crippen molar-refractivity contribution >= 4 is 56.6 Å². The van der Waals surface area contributed by atoms with E-state index in [0.717, 1.165) is 9.37 Å². The first-order valence-electron chi connectivity index (χ1n) is 9.35. The van der Waals surface area contributed by atoms with Gasteiger partial charge in [-0.15, -0.1) is 0 Å². The Morgan fingerprint density at radius 3 is 2.75 bits per heavy atom. The summed E-state index contributed by atoms with van der Waals surface area (Å²) in [6.45, 7) is 1.39. The van der Waals surface area contributed by atoms with E-state index in [1.807, 2.05) is 0 Å². The molecule has 0 unspecified atom stereocenters. The molecular formula is C21H17BrN2O7S. The Bertz CT molecular complexity index is 1120. The Hall–Kier alpha value is -3.18. The number of esters is 1. The SMILES string of the molecule is CCOC(=O)CN1C(=O)S/C(=C/c2cc(Br)ccc2OCc2cccc([N+](=O)[O-])c2)C1=O. The molecule has 1 fully saturated rings. The number of nitro groups is 1. The van der Waals surface area contributed by atoms with E-state index in [1.165, 1.54) is 18.2 Å². The average Bonchev–Trinajstić information content (AvgIpc) is 3.01. The van der Waals surface area contributed by atoms with Crippen LogP contribution in [0.15, 0.2) is 51.8 Å². The van der Waals surface area contributed by atoms with Crippen molar-refractivity contribution < 1.29 is 28.8 Å². The van der Waals surface area contributed by atoms with Crippen molar-refractivity contribution in [2.75, 3.05) is 13.2 Å². The number of halogens is 1. The first-order chi connectivity index (χ1) is 15.3. The van der Waals surface area contributed by atoms with Crippen LogP contribution in [0.25, 0.3) is 6.08 Å². The van der Waals surface area contributed by atoms with E-state index in [1.54, 1.807) is 37.3 Å². The lowest BCUT2D eigenvalue weighted by Crippen LogP contribution is -2.34. The summed E-state index contributed by atoms with van der Waals surface area (Å²) >= 11 is 4.08. The Morgan fingerprint density at radius 2 is 2.03 bits per heavy atom. The van der Waals surface area contributed by atoms with Crippen LogP contribution in [0.5, 0.6) is 5.75 Å². The molecule has 0 spiro atoms. The lowest BCUT2D eigenvalue weighted by molar-refractivity contribution is -0.384. The molecule has 166 valence electrons. The van der Waals surface area contributed by atoms with Crippen LogP contribution in [0.2, 0.25) is 0 Å². The van der Waals surface area contributed by atoms with Crippen LogP contribution in [0.4, 0.5) is 10.5 Å². The van der Waals surface area contributed by atoms with Crippen LogP contribution in [-0.2, 0) is 20.9 Å². The van der Waals surface area contributed by atoms with Crippen molar-refractivity contribution in [2.24, 2.45) is 0 Å². The van der Waals surface area contributed by atoms with Crippen molar-refractivity contribution in [3.63, 3.8) is 0 Å². The first kappa shape index (κ1) is 23.5. The maximum atomic E-state index is 12.6. The summed E-state index contributed by atoms with van der Waals surface area (Å²) in [5.74, 6) is -0.853. The topological polar surface area (TPSA) is 116 Å². The highest BCUT2D eigenvalue weighted by atomic mass is 79.9. The predicted molar refractivity (Wildman–Crippen MR) is 121 cm³/mol. The third-order valence-corrected chi connectivity index (χ3v) is 5.64. The van der Waals surface area contributed by atoms with E-state index in [0.29, 0.717) is 28.6 Å². The van der Waals surface area contributed by atoms with Gasteiger partial charge in [0.25, 0.3) is 16.8 Å². The molecule has 1 heterocycles. The van der Waals surface area contributed by atoms with Crippen molar-refractivity contribution in [3.05, 3.63) is 73.1 Å². The van der Waals surface area contributed by atoms with Crippen LogP contribution in [0.3, 0.4) is 0 Å². The number of hydrogen-bond donors (Lipinski definition) is 0. The van der Waals surface area contributed by atoms with Gasteiger partial charge in [-0.05, 0) is 48.5 Å². The number of non-ortho nitro benzene ring substituents is 1. The molecule has 0 bridgehead atoms. The minimum absolute atomic E-state index is 0.0441. The molecule has 0 aromatic heterocycles.